The molecule has 1 amide bonds. The minimum Gasteiger partial charge on any atom is -0.338 e. The number of thiophene rings is 1. The number of piperidine rings is 1. The number of carbonyl (C=O) groups is 1. The van der Waals surface area contributed by atoms with Crippen LogP contribution < -0.4 is 5.32 Å². The number of halogens is 1. The highest BCUT2D eigenvalue weighted by molar-refractivity contribution is 7.17. The molecule has 1 aliphatic heterocycles. The highest BCUT2D eigenvalue weighted by Gasteiger charge is 2.25. The molecule has 0 aromatic carbocycles. The van der Waals surface area contributed by atoms with Gasteiger partial charge in [0, 0.05) is 19.2 Å². The first-order chi connectivity index (χ1) is 9.61. The first kappa shape index (κ1) is 17.9. The molecule has 2 rings (SSSR count). The van der Waals surface area contributed by atoms with Crippen LogP contribution in [0.25, 0.3) is 0 Å². The lowest BCUT2D eigenvalue weighted by molar-refractivity contribution is -0.380. The predicted octanol–water partition coefficient (Wildman–Crippen LogP) is 2.54. The third-order valence-electron chi connectivity index (χ3n) is 3.69. The number of hydrogen-bond donors (Lipinski definition) is 1. The molecule has 1 N–H and O–H groups in total. The van der Waals surface area contributed by atoms with Crippen LogP contribution in [0.3, 0.4) is 0 Å². The molecule has 1 aliphatic rings. The monoisotopic (exact) mass is 333 g/mol. The molecule has 0 aliphatic carbocycles. The van der Waals surface area contributed by atoms with Crippen LogP contribution in [0.15, 0.2) is 12.1 Å². The van der Waals surface area contributed by atoms with Gasteiger partial charge in [-0.05, 0) is 44.8 Å². The lowest BCUT2D eigenvalue weighted by Gasteiger charge is -2.31. The van der Waals surface area contributed by atoms with Gasteiger partial charge in [0.1, 0.15) is 0 Å². The van der Waals surface area contributed by atoms with E-state index in [4.69, 9.17) is 0 Å². The number of amides is 1. The Balaban J connectivity index is 0.00000220. The summed E-state index contributed by atoms with van der Waals surface area (Å²) in [5.41, 5.74) is 0. The third-order valence-corrected chi connectivity index (χ3v) is 4.71. The van der Waals surface area contributed by atoms with Crippen molar-refractivity contribution in [2.45, 2.75) is 19.3 Å². The molecule has 0 atom stereocenters. The molecule has 118 valence electrons. The zero-order valence-corrected chi connectivity index (χ0v) is 13.5. The summed E-state index contributed by atoms with van der Waals surface area (Å²) in [5.74, 6) is 0.597. The molecule has 8 heteroatoms. The van der Waals surface area contributed by atoms with Crippen LogP contribution in [0.4, 0.5) is 5.00 Å². The molecule has 1 fully saturated rings. The van der Waals surface area contributed by atoms with Crippen LogP contribution in [-0.2, 0) is 0 Å². The molecule has 1 aromatic heterocycles. The number of nitrogens with one attached hydrogen (secondary N) is 1. The Morgan fingerprint density at radius 1 is 1.48 bits per heavy atom. The molecule has 0 bridgehead atoms. The standard InChI is InChI=1S/C13H19N3O3S.ClH/c1-14-7-4-10-5-8-15(9-6-10)13(17)11-2-3-12(20-11)16(18)19;/h2-3,10,14H,4-9H2,1H3;1H. The molecule has 1 aromatic rings. The number of rotatable bonds is 5. The Kier molecular flexibility index (Phi) is 7.07. The van der Waals surface area contributed by atoms with Gasteiger partial charge in [-0.1, -0.05) is 11.3 Å². The first-order valence-corrected chi connectivity index (χ1v) is 7.61. The molecule has 0 radical (unpaired) electrons. The Morgan fingerprint density at radius 3 is 2.67 bits per heavy atom. The Morgan fingerprint density at radius 2 is 2.14 bits per heavy atom. The van der Waals surface area contributed by atoms with Gasteiger partial charge < -0.3 is 10.2 Å². The van der Waals surface area contributed by atoms with Crippen LogP contribution in [0.5, 0.6) is 0 Å². The van der Waals surface area contributed by atoms with E-state index in [0.29, 0.717) is 10.8 Å². The normalized spacial score (nSPS) is 15.6. The van der Waals surface area contributed by atoms with Crippen LogP contribution in [0, 0.1) is 16.0 Å². The summed E-state index contributed by atoms with van der Waals surface area (Å²) in [6, 6.07) is 2.95. The van der Waals surface area contributed by atoms with E-state index in [-0.39, 0.29) is 23.3 Å². The van der Waals surface area contributed by atoms with E-state index < -0.39 is 4.92 Å². The van der Waals surface area contributed by atoms with E-state index in [1.165, 1.54) is 6.07 Å². The minimum absolute atomic E-state index is 0. The lowest BCUT2D eigenvalue weighted by Crippen LogP contribution is -2.38. The number of nitro groups is 1. The highest BCUT2D eigenvalue weighted by atomic mass is 35.5. The van der Waals surface area contributed by atoms with Gasteiger partial charge in [0.25, 0.3) is 5.91 Å². The maximum Gasteiger partial charge on any atom is 0.324 e. The molecule has 0 unspecified atom stereocenters. The average Bonchev–Trinajstić information content (AvgIpc) is 2.95. The van der Waals surface area contributed by atoms with Crippen molar-refractivity contribution in [3.05, 3.63) is 27.1 Å². The summed E-state index contributed by atoms with van der Waals surface area (Å²) >= 11 is 0.957. The van der Waals surface area contributed by atoms with Crippen molar-refractivity contribution in [2.24, 2.45) is 5.92 Å². The van der Waals surface area contributed by atoms with E-state index in [9.17, 15) is 14.9 Å². The van der Waals surface area contributed by atoms with Crippen molar-refractivity contribution >= 4 is 34.7 Å². The highest BCUT2D eigenvalue weighted by Crippen LogP contribution is 2.27. The van der Waals surface area contributed by atoms with Crippen molar-refractivity contribution in [3.63, 3.8) is 0 Å². The third kappa shape index (κ3) is 4.66. The van der Waals surface area contributed by atoms with Gasteiger partial charge in [-0.3, -0.25) is 14.9 Å². The van der Waals surface area contributed by atoms with E-state index >= 15 is 0 Å². The van der Waals surface area contributed by atoms with Gasteiger partial charge in [0.15, 0.2) is 0 Å². The van der Waals surface area contributed by atoms with Gasteiger partial charge in [-0.2, -0.15) is 0 Å². The number of likely N-dealkylation sites (tertiary alicyclic amines) is 1. The van der Waals surface area contributed by atoms with Crippen molar-refractivity contribution in [1.29, 1.82) is 0 Å². The molecule has 1 saturated heterocycles. The van der Waals surface area contributed by atoms with Crippen LogP contribution in [0.1, 0.15) is 28.9 Å². The second-order valence-corrected chi connectivity index (χ2v) is 6.09. The molecular weight excluding hydrogens is 314 g/mol. The van der Waals surface area contributed by atoms with Gasteiger partial charge in [-0.25, -0.2) is 0 Å². The van der Waals surface area contributed by atoms with Crippen LogP contribution in [0.2, 0.25) is 0 Å². The summed E-state index contributed by atoms with van der Waals surface area (Å²) in [6.45, 7) is 2.51. The molecule has 2 heterocycles. The Hall–Kier alpha value is -1.18. The van der Waals surface area contributed by atoms with Crippen molar-refractivity contribution in [2.75, 3.05) is 26.7 Å². The van der Waals surface area contributed by atoms with Gasteiger partial charge in [0.2, 0.25) is 0 Å². The summed E-state index contributed by atoms with van der Waals surface area (Å²) in [6.07, 6.45) is 3.17. The van der Waals surface area contributed by atoms with E-state index in [1.807, 2.05) is 11.9 Å². The summed E-state index contributed by atoms with van der Waals surface area (Å²) in [5, 5.41) is 13.8. The fourth-order valence-electron chi connectivity index (χ4n) is 2.47. The Bertz CT molecular complexity index is 487. The minimum atomic E-state index is -0.453. The fraction of sp³-hybridized carbons (Fsp3) is 0.615. The fourth-order valence-corrected chi connectivity index (χ4v) is 3.26. The van der Waals surface area contributed by atoms with Gasteiger partial charge in [-0.15, -0.1) is 12.4 Å². The SMILES string of the molecule is CNCCC1CCN(C(=O)c2ccc([N+](=O)[O-])s2)CC1.Cl. The largest absolute Gasteiger partial charge is 0.338 e. The van der Waals surface area contributed by atoms with Crippen LogP contribution in [-0.4, -0.2) is 42.4 Å². The van der Waals surface area contributed by atoms with E-state index in [1.54, 1.807) is 6.07 Å². The molecular formula is C13H20ClN3O3S. The van der Waals surface area contributed by atoms with Crippen molar-refractivity contribution < 1.29 is 9.72 Å². The quantitative estimate of drug-likeness (QED) is 0.663. The van der Waals surface area contributed by atoms with Crippen LogP contribution >= 0.6 is 23.7 Å². The number of hydrogen-bond acceptors (Lipinski definition) is 5. The maximum atomic E-state index is 12.3. The smallest absolute Gasteiger partial charge is 0.324 e. The summed E-state index contributed by atoms with van der Waals surface area (Å²) in [4.78, 5) is 24.7. The average molecular weight is 334 g/mol. The number of nitrogens with zero attached hydrogens (tertiary/aromatic N) is 2. The maximum absolute atomic E-state index is 12.3. The second-order valence-electron chi connectivity index (χ2n) is 5.02. The zero-order chi connectivity index (χ0) is 14.5. The number of carbonyl (C=O) groups excluding carboxylic acids is 1. The predicted molar refractivity (Wildman–Crippen MR) is 85.4 cm³/mol. The lowest BCUT2D eigenvalue weighted by atomic mass is 9.93. The topological polar surface area (TPSA) is 75.5 Å². The molecule has 0 spiro atoms. The van der Waals surface area contributed by atoms with Gasteiger partial charge >= 0.3 is 5.00 Å². The van der Waals surface area contributed by atoms with E-state index in [2.05, 4.69) is 5.32 Å². The molecule has 6 nitrogen and oxygen atoms in total. The zero-order valence-electron chi connectivity index (χ0n) is 11.9. The van der Waals surface area contributed by atoms with Crippen molar-refractivity contribution in [1.82, 2.24) is 10.2 Å². The Labute approximate surface area is 134 Å². The van der Waals surface area contributed by atoms with Crippen molar-refractivity contribution in [3.8, 4) is 0 Å². The molecule has 0 saturated carbocycles. The molecule has 21 heavy (non-hydrogen) atoms. The van der Waals surface area contributed by atoms with E-state index in [0.717, 1.165) is 50.2 Å². The van der Waals surface area contributed by atoms with Gasteiger partial charge in [0.05, 0.1) is 9.80 Å². The first-order valence-electron chi connectivity index (χ1n) is 6.80. The second kappa shape index (κ2) is 8.31. The summed E-state index contributed by atoms with van der Waals surface area (Å²) < 4.78 is 0. The summed E-state index contributed by atoms with van der Waals surface area (Å²) in [7, 11) is 1.95.